The Bertz CT molecular complexity index is 500. The fourth-order valence-corrected chi connectivity index (χ4v) is 2.32. The van der Waals surface area contributed by atoms with E-state index in [0.717, 1.165) is 6.54 Å². The van der Waals surface area contributed by atoms with E-state index in [1.807, 2.05) is 0 Å². The zero-order chi connectivity index (χ0) is 13.0. The summed E-state index contributed by atoms with van der Waals surface area (Å²) in [5.74, 6) is 0. The standard InChI is InChI=1S/C16H22N2/c1-17(2)11-12-18(3)13-15-9-6-8-14-7-4-5-10-16(14)15/h4-10H,11-13H2,1-3H3/p+2. The van der Waals surface area contributed by atoms with E-state index in [4.69, 9.17) is 0 Å². The number of fused-ring (bicyclic) bond motifs is 1. The lowest BCUT2D eigenvalue weighted by Crippen LogP contribution is -3.15. The lowest BCUT2D eigenvalue weighted by atomic mass is 10.0. The van der Waals surface area contributed by atoms with Crippen LogP contribution in [0.1, 0.15) is 5.56 Å². The van der Waals surface area contributed by atoms with Crippen molar-refractivity contribution in [3.8, 4) is 0 Å². The Kier molecular flexibility index (Phi) is 4.34. The molecule has 2 rings (SSSR count). The van der Waals surface area contributed by atoms with Gasteiger partial charge in [-0.05, 0) is 10.8 Å². The first-order valence-electron chi connectivity index (χ1n) is 6.74. The molecule has 0 spiro atoms. The van der Waals surface area contributed by atoms with Gasteiger partial charge < -0.3 is 9.80 Å². The van der Waals surface area contributed by atoms with Gasteiger partial charge >= 0.3 is 0 Å². The molecule has 2 heteroatoms. The first kappa shape index (κ1) is 13.1. The summed E-state index contributed by atoms with van der Waals surface area (Å²) in [7, 11) is 6.71. The van der Waals surface area contributed by atoms with E-state index < -0.39 is 0 Å². The molecule has 0 aliphatic rings. The minimum Gasteiger partial charge on any atom is -0.335 e. The van der Waals surface area contributed by atoms with E-state index in [0.29, 0.717) is 0 Å². The first-order chi connectivity index (χ1) is 8.66. The smallest absolute Gasteiger partial charge is 0.127 e. The molecule has 0 saturated heterocycles. The summed E-state index contributed by atoms with van der Waals surface area (Å²) >= 11 is 0. The molecule has 0 amide bonds. The van der Waals surface area contributed by atoms with Gasteiger partial charge in [-0.2, -0.15) is 0 Å². The van der Waals surface area contributed by atoms with E-state index >= 15 is 0 Å². The Balaban J connectivity index is 2.11. The first-order valence-corrected chi connectivity index (χ1v) is 6.74. The van der Waals surface area contributed by atoms with E-state index in [1.165, 1.54) is 34.3 Å². The Labute approximate surface area is 110 Å². The summed E-state index contributed by atoms with van der Waals surface area (Å²) in [6.07, 6.45) is 0. The molecule has 18 heavy (non-hydrogen) atoms. The number of nitrogens with one attached hydrogen (secondary N) is 2. The number of quaternary nitrogens is 2. The third-order valence-corrected chi connectivity index (χ3v) is 3.42. The molecule has 1 atom stereocenters. The van der Waals surface area contributed by atoms with E-state index in [2.05, 4.69) is 63.6 Å². The van der Waals surface area contributed by atoms with Crippen LogP contribution in [0.4, 0.5) is 0 Å². The molecule has 0 heterocycles. The second kappa shape index (κ2) is 5.98. The Morgan fingerprint density at radius 3 is 2.33 bits per heavy atom. The van der Waals surface area contributed by atoms with Gasteiger partial charge in [-0.3, -0.25) is 0 Å². The Hall–Kier alpha value is -1.38. The van der Waals surface area contributed by atoms with Crippen LogP contribution in [-0.4, -0.2) is 34.2 Å². The number of rotatable bonds is 5. The molecular formula is C16H24N2+2. The maximum atomic E-state index is 2.28. The topological polar surface area (TPSA) is 8.88 Å². The summed E-state index contributed by atoms with van der Waals surface area (Å²) in [5, 5.41) is 2.75. The quantitative estimate of drug-likeness (QED) is 0.733. The van der Waals surface area contributed by atoms with Gasteiger partial charge in [0.1, 0.15) is 19.6 Å². The summed E-state index contributed by atoms with van der Waals surface area (Å²) in [6.45, 7) is 3.54. The second-order valence-corrected chi connectivity index (χ2v) is 5.48. The number of likely N-dealkylation sites (N-methyl/N-ethyl adjacent to an activating group) is 2. The minimum absolute atomic E-state index is 1.11. The van der Waals surface area contributed by atoms with Crippen LogP contribution in [-0.2, 0) is 6.54 Å². The van der Waals surface area contributed by atoms with Crippen molar-refractivity contribution < 1.29 is 9.80 Å². The molecule has 0 aliphatic heterocycles. The fraction of sp³-hybridized carbons (Fsp3) is 0.375. The molecule has 2 nitrogen and oxygen atoms in total. The second-order valence-electron chi connectivity index (χ2n) is 5.48. The van der Waals surface area contributed by atoms with Crippen LogP contribution >= 0.6 is 0 Å². The van der Waals surface area contributed by atoms with Gasteiger partial charge in [0.2, 0.25) is 0 Å². The van der Waals surface area contributed by atoms with Crippen LogP contribution in [0, 0.1) is 0 Å². The molecule has 0 fully saturated rings. The van der Waals surface area contributed by atoms with Gasteiger partial charge in [0, 0.05) is 5.56 Å². The van der Waals surface area contributed by atoms with Crippen molar-refractivity contribution in [2.45, 2.75) is 6.54 Å². The zero-order valence-corrected chi connectivity index (χ0v) is 11.7. The molecule has 0 radical (unpaired) electrons. The normalized spacial score (nSPS) is 13.1. The zero-order valence-electron chi connectivity index (χ0n) is 11.7. The number of benzene rings is 2. The van der Waals surface area contributed by atoms with Crippen molar-refractivity contribution in [1.29, 1.82) is 0 Å². The van der Waals surface area contributed by atoms with E-state index in [9.17, 15) is 0 Å². The third kappa shape index (κ3) is 3.31. The molecule has 0 bridgehead atoms. The van der Waals surface area contributed by atoms with Crippen molar-refractivity contribution in [2.75, 3.05) is 34.2 Å². The fourth-order valence-electron chi connectivity index (χ4n) is 2.32. The van der Waals surface area contributed by atoms with Gasteiger partial charge in [-0.25, -0.2) is 0 Å². The van der Waals surface area contributed by atoms with Gasteiger partial charge in [0.15, 0.2) is 0 Å². The van der Waals surface area contributed by atoms with Gasteiger partial charge in [0.25, 0.3) is 0 Å². The molecule has 1 unspecified atom stereocenters. The maximum absolute atomic E-state index is 2.28. The monoisotopic (exact) mass is 244 g/mol. The SMILES string of the molecule is C[NH+](C)CC[NH+](C)Cc1cccc2ccccc12. The number of hydrogen-bond acceptors (Lipinski definition) is 0. The molecule has 0 saturated carbocycles. The molecule has 0 aliphatic carbocycles. The van der Waals surface area contributed by atoms with Crippen molar-refractivity contribution in [2.24, 2.45) is 0 Å². The number of hydrogen-bond donors (Lipinski definition) is 2. The summed E-state index contributed by atoms with van der Waals surface area (Å²) < 4.78 is 0. The molecule has 2 aromatic carbocycles. The van der Waals surface area contributed by atoms with Crippen molar-refractivity contribution in [3.05, 3.63) is 48.0 Å². The van der Waals surface area contributed by atoms with Crippen LogP contribution in [0.25, 0.3) is 10.8 Å². The van der Waals surface area contributed by atoms with E-state index in [1.54, 1.807) is 4.90 Å². The van der Waals surface area contributed by atoms with Crippen molar-refractivity contribution in [1.82, 2.24) is 0 Å². The third-order valence-electron chi connectivity index (χ3n) is 3.42. The van der Waals surface area contributed by atoms with Gasteiger partial charge in [0.05, 0.1) is 21.1 Å². The lowest BCUT2D eigenvalue weighted by Gasteiger charge is -2.16. The molecule has 2 aromatic rings. The Morgan fingerprint density at radius 2 is 1.56 bits per heavy atom. The van der Waals surface area contributed by atoms with Crippen LogP contribution in [0.3, 0.4) is 0 Å². The van der Waals surface area contributed by atoms with Crippen LogP contribution in [0.2, 0.25) is 0 Å². The predicted molar refractivity (Wildman–Crippen MR) is 77.1 cm³/mol. The van der Waals surface area contributed by atoms with E-state index in [-0.39, 0.29) is 0 Å². The van der Waals surface area contributed by atoms with Gasteiger partial charge in [-0.1, -0.05) is 42.5 Å². The molecule has 96 valence electrons. The van der Waals surface area contributed by atoms with Gasteiger partial charge in [-0.15, -0.1) is 0 Å². The highest BCUT2D eigenvalue weighted by molar-refractivity contribution is 5.85. The predicted octanol–water partition coefficient (Wildman–Crippen LogP) is -0.001000. The van der Waals surface area contributed by atoms with Crippen LogP contribution < -0.4 is 9.80 Å². The largest absolute Gasteiger partial charge is 0.335 e. The average Bonchev–Trinajstić information content (AvgIpc) is 2.37. The lowest BCUT2D eigenvalue weighted by molar-refractivity contribution is -0.937. The Morgan fingerprint density at radius 1 is 0.833 bits per heavy atom. The van der Waals surface area contributed by atoms with Crippen LogP contribution in [0.5, 0.6) is 0 Å². The summed E-state index contributed by atoms with van der Waals surface area (Å²) in [5.41, 5.74) is 1.46. The summed E-state index contributed by atoms with van der Waals surface area (Å²) in [4.78, 5) is 3.10. The highest BCUT2D eigenvalue weighted by Gasteiger charge is 2.08. The highest BCUT2D eigenvalue weighted by atomic mass is 15.1. The van der Waals surface area contributed by atoms with Crippen LogP contribution in [0.15, 0.2) is 42.5 Å². The average molecular weight is 244 g/mol. The maximum Gasteiger partial charge on any atom is 0.127 e. The minimum atomic E-state index is 1.11. The van der Waals surface area contributed by atoms with Crippen molar-refractivity contribution in [3.63, 3.8) is 0 Å². The summed E-state index contributed by atoms with van der Waals surface area (Å²) in [6, 6.07) is 15.3. The highest BCUT2D eigenvalue weighted by Crippen LogP contribution is 2.17. The molecule has 0 aromatic heterocycles. The van der Waals surface area contributed by atoms with Crippen molar-refractivity contribution >= 4 is 10.8 Å². The molecule has 2 N–H and O–H groups in total. The molecular weight excluding hydrogens is 220 g/mol.